The molecule has 1 fully saturated rings. The molecule has 2 aromatic carbocycles. The molecule has 0 spiro atoms. The van der Waals surface area contributed by atoms with E-state index in [4.69, 9.17) is 4.74 Å². The summed E-state index contributed by atoms with van der Waals surface area (Å²) < 4.78 is 32.5. The first-order valence-corrected chi connectivity index (χ1v) is 12.7. The third-order valence-corrected chi connectivity index (χ3v) is 6.70. The van der Waals surface area contributed by atoms with Crippen molar-refractivity contribution in [2.24, 2.45) is 0 Å². The van der Waals surface area contributed by atoms with Crippen molar-refractivity contribution in [2.45, 2.75) is 65.0 Å². The zero-order chi connectivity index (χ0) is 22.6. The summed E-state index contributed by atoms with van der Waals surface area (Å²) in [4.78, 5) is 13.1. The van der Waals surface area contributed by atoms with Crippen molar-refractivity contribution < 1.29 is 17.9 Å². The minimum atomic E-state index is -3.67. The van der Waals surface area contributed by atoms with Crippen LogP contribution < -0.4 is 14.4 Å². The number of nitrogens with zero attached hydrogens (tertiary/aromatic N) is 1. The highest BCUT2D eigenvalue weighted by atomic mass is 32.2. The van der Waals surface area contributed by atoms with Gasteiger partial charge >= 0.3 is 0 Å². The number of hydrogen-bond acceptors (Lipinski definition) is 4. The van der Waals surface area contributed by atoms with Crippen molar-refractivity contribution in [1.29, 1.82) is 0 Å². The molecule has 1 unspecified atom stereocenters. The number of amides is 1. The largest absolute Gasteiger partial charge is 0.490 e. The van der Waals surface area contributed by atoms with Gasteiger partial charge in [-0.3, -0.25) is 9.10 Å². The van der Waals surface area contributed by atoms with Crippen molar-refractivity contribution in [3.8, 4) is 5.75 Å². The molecule has 1 aliphatic rings. The predicted octanol–water partition coefficient (Wildman–Crippen LogP) is 4.81. The van der Waals surface area contributed by atoms with E-state index in [1.165, 1.54) is 17.1 Å². The van der Waals surface area contributed by atoms with E-state index >= 15 is 0 Å². The van der Waals surface area contributed by atoms with Gasteiger partial charge in [0.05, 0.1) is 18.0 Å². The number of rotatable bonds is 8. The molecule has 1 N–H and O–H groups in total. The van der Waals surface area contributed by atoms with Gasteiger partial charge in [0.1, 0.15) is 11.8 Å². The molecule has 7 heteroatoms. The van der Waals surface area contributed by atoms with Crippen LogP contribution in [-0.2, 0) is 14.8 Å². The van der Waals surface area contributed by atoms with Crippen molar-refractivity contribution >= 4 is 27.3 Å². The van der Waals surface area contributed by atoms with E-state index in [1.54, 1.807) is 24.3 Å². The van der Waals surface area contributed by atoms with Crippen LogP contribution in [0.4, 0.5) is 11.4 Å². The molecule has 1 aliphatic carbocycles. The molecule has 2 aromatic rings. The normalized spacial score (nSPS) is 15.5. The Morgan fingerprint density at radius 1 is 1.10 bits per heavy atom. The number of ether oxygens (including phenoxy) is 1. The molecule has 0 aliphatic heterocycles. The fraction of sp³-hybridized carbons (Fsp3) is 0.458. The fourth-order valence-corrected chi connectivity index (χ4v) is 5.37. The van der Waals surface area contributed by atoms with Gasteiger partial charge in [0.25, 0.3) is 0 Å². The first-order chi connectivity index (χ1) is 14.7. The standard InChI is InChI=1S/C24H32N2O4S/c1-5-23(26(31(4,28)29)20-15-17(2)14-18(3)16-20)24(27)25-19-10-12-22(13-11-19)30-21-8-6-7-9-21/h10-16,21,23H,5-9H2,1-4H3,(H,25,27). The topological polar surface area (TPSA) is 75.7 Å². The Balaban J connectivity index is 1.78. The third-order valence-electron chi connectivity index (χ3n) is 5.52. The first kappa shape index (κ1) is 23.1. The van der Waals surface area contributed by atoms with Crippen LogP contribution in [-0.4, -0.2) is 32.7 Å². The number of sulfonamides is 1. The Kier molecular flexibility index (Phi) is 7.26. The van der Waals surface area contributed by atoms with Crippen LogP contribution in [0.1, 0.15) is 50.2 Å². The molecule has 3 rings (SSSR count). The number of hydrogen-bond donors (Lipinski definition) is 1. The van der Waals surface area contributed by atoms with Crippen LogP contribution in [0.2, 0.25) is 0 Å². The van der Waals surface area contributed by atoms with Crippen molar-refractivity contribution in [3.63, 3.8) is 0 Å². The van der Waals surface area contributed by atoms with Gasteiger partial charge in [0.2, 0.25) is 15.9 Å². The smallest absolute Gasteiger partial charge is 0.248 e. The monoisotopic (exact) mass is 444 g/mol. The molecule has 1 atom stereocenters. The van der Waals surface area contributed by atoms with Gasteiger partial charge in [-0.2, -0.15) is 0 Å². The maximum atomic E-state index is 13.1. The summed E-state index contributed by atoms with van der Waals surface area (Å²) >= 11 is 0. The lowest BCUT2D eigenvalue weighted by Gasteiger charge is -2.30. The second-order valence-corrected chi connectivity index (χ2v) is 10.2. The fourth-order valence-electron chi connectivity index (χ4n) is 4.18. The number of nitrogens with one attached hydrogen (secondary N) is 1. The Morgan fingerprint density at radius 3 is 2.19 bits per heavy atom. The minimum Gasteiger partial charge on any atom is -0.490 e. The van der Waals surface area contributed by atoms with Gasteiger partial charge in [0.15, 0.2) is 0 Å². The maximum absolute atomic E-state index is 13.1. The van der Waals surface area contributed by atoms with Gasteiger partial charge in [0, 0.05) is 5.69 Å². The van der Waals surface area contributed by atoms with Crippen molar-refractivity contribution in [2.75, 3.05) is 15.9 Å². The van der Waals surface area contributed by atoms with Gasteiger partial charge in [-0.25, -0.2) is 8.42 Å². The van der Waals surface area contributed by atoms with Crippen LogP contribution in [0.15, 0.2) is 42.5 Å². The Labute approximate surface area is 185 Å². The molecule has 1 amide bonds. The van der Waals surface area contributed by atoms with Gasteiger partial charge in [-0.05, 0) is 93.5 Å². The highest BCUT2D eigenvalue weighted by Crippen LogP contribution is 2.27. The van der Waals surface area contributed by atoms with E-state index in [2.05, 4.69) is 5.32 Å². The summed E-state index contributed by atoms with van der Waals surface area (Å²) in [6.07, 6.45) is 6.31. The molecule has 1 saturated carbocycles. The van der Waals surface area contributed by atoms with Crippen molar-refractivity contribution in [3.05, 3.63) is 53.6 Å². The zero-order valence-corrected chi connectivity index (χ0v) is 19.5. The summed E-state index contributed by atoms with van der Waals surface area (Å²) in [6, 6.07) is 12.0. The summed E-state index contributed by atoms with van der Waals surface area (Å²) in [5, 5.41) is 2.86. The molecule has 6 nitrogen and oxygen atoms in total. The molecule has 31 heavy (non-hydrogen) atoms. The summed E-state index contributed by atoms with van der Waals surface area (Å²) in [5.74, 6) is 0.418. The number of carbonyl (C=O) groups excluding carboxylic acids is 1. The highest BCUT2D eigenvalue weighted by molar-refractivity contribution is 7.92. The van der Waals surface area contributed by atoms with E-state index in [0.29, 0.717) is 17.8 Å². The van der Waals surface area contributed by atoms with Crippen LogP contribution in [0.25, 0.3) is 0 Å². The molecular formula is C24H32N2O4S. The van der Waals surface area contributed by atoms with Crippen molar-refractivity contribution in [1.82, 2.24) is 0 Å². The van der Waals surface area contributed by atoms with Crippen LogP contribution in [0.3, 0.4) is 0 Å². The van der Waals surface area contributed by atoms with Gasteiger partial charge in [-0.15, -0.1) is 0 Å². The van der Waals surface area contributed by atoms with E-state index in [9.17, 15) is 13.2 Å². The molecule has 168 valence electrons. The number of carbonyl (C=O) groups is 1. The second-order valence-electron chi connectivity index (χ2n) is 8.37. The van der Waals surface area contributed by atoms with E-state index in [1.807, 2.05) is 39.0 Å². The lowest BCUT2D eigenvalue weighted by molar-refractivity contribution is -0.117. The number of benzene rings is 2. The average Bonchev–Trinajstić information content (AvgIpc) is 3.18. The maximum Gasteiger partial charge on any atom is 0.248 e. The van der Waals surface area contributed by atoms with Crippen LogP contribution in [0, 0.1) is 13.8 Å². The molecule has 0 aromatic heterocycles. The summed E-state index contributed by atoms with van der Waals surface area (Å²) in [7, 11) is -3.67. The quantitative estimate of drug-likeness (QED) is 0.634. The molecular weight excluding hydrogens is 412 g/mol. The predicted molar refractivity (Wildman–Crippen MR) is 125 cm³/mol. The van der Waals surface area contributed by atoms with E-state index in [-0.39, 0.29) is 12.0 Å². The van der Waals surface area contributed by atoms with Crippen LogP contribution >= 0.6 is 0 Å². The Morgan fingerprint density at radius 2 is 1.68 bits per heavy atom. The summed E-state index contributed by atoms with van der Waals surface area (Å²) in [6.45, 7) is 5.63. The Bertz CT molecular complexity index is 992. The molecule has 0 bridgehead atoms. The number of anilines is 2. The second kappa shape index (κ2) is 9.73. The van der Waals surface area contributed by atoms with E-state index in [0.717, 1.165) is 36.0 Å². The number of aryl methyl sites for hydroxylation is 2. The lowest BCUT2D eigenvalue weighted by atomic mass is 10.1. The molecule has 0 radical (unpaired) electrons. The summed E-state index contributed by atoms with van der Waals surface area (Å²) in [5.41, 5.74) is 2.99. The van der Waals surface area contributed by atoms with Gasteiger partial charge < -0.3 is 10.1 Å². The van der Waals surface area contributed by atoms with Crippen LogP contribution in [0.5, 0.6) is 5.75 Å². The lowest BCUT2D eigenvalue weighted by Crippen LogP contribution is -2.47. The highest BCUT2D eigenvalue weighted by Gasteiger charge is 2.31. The van der Waals surface area contributed by atoms with Gasteiger partial charge in [-0.1, -0.05) is 13.0 Å². The molecule has 0 saturated heterocycles. The zero-order valence-electron chi connectivity index (χ0n) is 18.7. The Hall–Kier alpha value is -2.54. The minimum absolute atomic E-state index is 0.269. The van der Waals surface area contributed by atoms with E-state index < -0.39 is 16.1 Å². The molecule has 0 heterocycles. The first-order valence-electron chi connectivity index (χ1n) is 10.8. The average molecular weight is 445 g/mol. The third kappa shape index (κ3) is 6.00. The SMILES string of the molecule is CCC(C(=O)Nc1ccc(OC2CCCC2)cc1)N(c1cc(C)cc(C)c1)S(C)(=O)=O.